The Labute approximate surface area is 125 Å². The van der Waals surface area contributed by atoms with Crippen molar-refractivity contribution in [2.75, 3.05) is 0 Å². The molecule has 1 amide bonds. The van der Waals surface area contributed by atoms with E-state index in [0.717, 1.165) is 24.8 Å². The van der Waals surface area contributed by atoms with Crippen molar-refractivity contribution in [1.29, 1.82) is 0 Å². The van der Waals surface area contributed by atoms with Gasteiger partial charge in [0, 0.05) is 25.4 Å². The van der Waals surface area contributed by atoms with Crippen LogP contribution in [0.25, 0.3) is 0 Å². The van der Waals surface area contributed by atoms with Gasteiger partial charge in [0.25, 0.3) is 0 Å². The predicted octanol–water partition coefficient (Wildman–Crippen LogP) is 2.99. The van der Waals surface area contributed by atoms with E-state index in [4.69, 9.17) is 5.11 Å². The maximum atomic E-state index is 12.3. The molecule has 0 aliphatic heterocycles. The summed E-state index contributed by atoms with van der Waals surface area (Å²) in [6.07, 6.45) is 3.97. The monoisotopic (exact) mass is 289 g/mol. The number of carboxylic acids is 1. The number of hydrogen-bond donors (Lipinski definition) is 1. The van der Waals surface area contributed by atoms with Crippen LogP contribution in [0.15, 0.2) is 24.3 Å². The number of aliphatic carboxylic acids is 1. The second-order valence-corrected chi connectivity index (χ2v) is 5.67. The predicted molar refractivity (Wildman–Crippen MR) is 80.9 cm³/mol. The van der Waals surface area contributed by atoms with Crippen LogP contribution in [0.5, 0.6) is 0 Å². The number of rotatable bonds is 8. The van der Waals surface area contributed by atoms with Gasteiger partial charge in [-0.05, 0) is 36.8 Å². The first-order valence-corrected chi connectivity index (χ1v) is 7.69. The van der Waals surface area contributed by atoms with E-state index < -0.39 is 5.97 Å². The molecule has 0 spiro atoms. The second kappa shape index (κ2) is 7.25. The van der Waals surface area contributed by atoms with Crippen LogP contribution >= 0.6 is 0 Å². The Morgan fingerprint density at radius 1 is 1.14 bits per heavy atom. The van der Waals surface area contributed by atoms with Crippen molar-refractivity contribution in [3.8, 4) is 0 Å². The number of amides is 1. The third-order valence-corrected chi connectivity index (χ3v) is 3.87. The molecule has 0 saturated heterocycles. The molecule has 21 heavy (non-hydrogen) atoms. The molecule has 1 aliphatic rings. The van der Waals surface area contributed by atoms with Crippen molar-refractivity contribution in [3.05, 3.63) is 35.4 Å². The van der Waals surface area contributed by atoms with Gasteiger partial charge >= 0.3 is 5.97 Å². The Hall–Kier alpha value is -1.84. The molecule has 1 aromatic rings. The molecule has 114 valence electrons. The summed E-state index contributed by atoms with van der Waals surface area (Å²) in [6.45, 7) is 2.76. The van der Waals surface area contributed by atoms with Gasteiger partial charge in [-0.1, -0.05) is 31.2 Å². The van der Waals surface area contributed by atoms with E-state index in [9.17, 15) is 9.59 Å². The molecule has 0 unspecified atom stereocenters. The maximum absolute atomic E-state index is 12.3. The molecule has 1 fully saturated rings. The molecule has 2 rings (SSSR count). The molecule has 0 heterocycles. The Bertz CT molecular complexity index is 491. The second-order valence-electron chi connectivity index (χ2n) is 5.67. The Kier molecular flexibility index (Phi) is 5.37. The van der Waals surface area contributed by atoms with Gasteiger partial charge in [0.1, 0.15) is 0 Å². The fourth-order valence-electron chi connectivity index (χ4n) is 2.42. The van der Waals surface area contributed by atoms with Gasteiger partial charge in [0.15, 0.2) is 0 Å². The number of hydrogen-bond acceptors (Lipinski definition) is 2. The third-order valence-electron chi connectivity index (χ3n) is 3.87. The molecule has 1 aliphatic carbocycles. The van der Waals surface area contributed by atoms with Crippen LogP contribution in [-0.4, -0.2) is 27.9 Å². The number of benzene rings is 1. The average Bonchev–Trinajstić information content (AvgIpc) is 3.29. The fraction of sp³-hybridized carbons (Fsp3) is 0.529. The van der Waals surface area contributed by atoms with Gasteiger partial charge in [0.2, 0.25) is 5.91 Å². The summed E-state index contributed by atoms with van der Waals surface area (Å²) in [5.74, 6) is -0.755. The van der Waals surface area contributed by atoms with Crippen LogP contribution in [-0.2, 0) is 22.6 Å². The normalized spacial score (nSPS) is 14.0. The summed E-state index contributed by atoms with van der Waals surface area (Å²) in [4.78, 5) is 24.7. The SMILES string of the molecule is CCc1ccc(CN(C(=O)CCCC(=O)O)C2CC2)cc1. The lowest BCUT2D eigenvalue weighted by molar-refractivity contribution is -0.137. The summed E-state index contributed by atoms with van der Waals surface area (Å²) >= 11 is 0. The summed E-state index contributed by atoms with van der Waals surface area (Å²) in [6, 6.07) is 8.73. The van der Waals surface area contributed by atoms with Crippen molar-refractivity contribution < 1.29 is 14.7 Å². The summed E-state index contributed by atoms with van der Waals surface area (Å²) < 4.78 is 0. The molecule has 4 nitrogen and oxygen atoms in total. The molecule has 1 N–H and O–H groups in total. The van der Waals surface area contributed by atoms with Crippen molar-refractivity contribution in [3.63, 3.8) is 0 Å². The van der Waals surface area contributed by atoms with Crippen LogP contribution in [0.1, 0.15) is 50.2 Å². The van der Waals surface area contributed by atoms with Crippen LogP contribution in [0.3, 0.4) is 0 Å². The van der Waals surface area contributed by atoms with E-state index in [0.29, 0.717) is 25.4 Å². The number of carbonyl (C=O) groups is 2. The molecule has 1 saturated carbocycles. The van der Waals surface area contributed by atoms with Gasteiger partial charge in [-0.3, -0.25) is 9.59 Å². The van der Waals surface area contributed by atoms with E-state index in [2.05, 4.69) is 31.2 Å². The standard InChI is InChI=1S/C17H23NO3/c1-2-13-6-8-14(9-7-13)12-18(15-10-11-15)16(19)4-3-5-17(20)21/h6-9,15H,2-5,10-12H2,1H3,(H,20,21). The van der Waals surface area contributed by atoms with Gasteiger partial charge < -0.3 is 10.0 Å². The van der Waals surface area contributed by atoms with Crippen molar-refractivity contribution in [1.82, 2.24) is 4.90 Å². The minimum atomic E-state index is -0.837. The molecule has 0 radical (unpaired) electrons. The van der Waals surface area contributed by atoms with Crippen molar-refractivity contribution in [2.24, 2.45) is 0 Å². The molecule has 4 heteroatoms. The lowest BCUT2D eigenvalue weighted by atomic mass is 10.1. The Morgan fingerprint density at radius 3 is 2.29 bits per heavy atom. The van der Waals surface area contributed by atoms with E-state index in [1.807, 2.05) is 4.90 Å². The lowest BCUT2D eigenvalue weighted by Crippen LogP contribution is -2.32. The topological polar surface area (TPSA) is 57.6 Å². The zero-order chi connectivity index (χ0) is 15.2. The van der Waals surface area contributed by atoms with Crippen LogP contribution in [0, 0.1) is 0 Å². The van der Waals surface area contributed by atoms with Gasteiger partial charge in [-0.2, -0.15) is 0 Å². The van der Waals surface area contributed by atoms with E-state index in [1.54, 1.807) is 0 Å². The number of carboxylic acid groups (broad SMARTS) is 1. The minimum absolute atomic E-state index is 0.0649. The van der Waals surface area contributed by atoms with Crippen LogP contribution in [0.2, 0.25) is 0 Å². The first-order chi connectivity index (χ1) is 10.1. The summed E-state index contributed by atoms with van der Waals surface area (Å²) in [5, 5.41) is 8.65. The quantitative estimate of drug-likeness (QED) is 0.800. The molecular formula is C17H23NO3. The first-order valence-electron chi connectivity index (χ1n) is 7.69. The number of aryl methyl sites for hydroxylation is 1. The van der Waals surface area contributed by atoms with E-state index in [1.165, 1.54) is 5.56 Å². The minimum Gasteiger partial charge on any atom is -0.481 e. The highest BCUT2D eigenvalue weighted by atomic mass is 16.4. The maximum Gasteiger partial charge on any atom is 0.303 e. The van der Waals surface area contributed by atoms with Gasteiger partial charge in [-0.25, -0.2) is 0 Å². The Morgan fingerprint density at radius 2 is 1.76 bits per heavy atom. The van der Waals surface area contributed by atoms with Crippen LogP contribution < -0.4 is 0 Å². The number of nitrogens with zero attached hydrogens (tertiary/aromatic N) is 1. The van der Waals surface area contributed by atoms with E-state index >= 15 is 0 Å². The fourth-order valence-corrected chi connectivity index (χ4v) is 2.42. The lowest BCUT2D eigenvalue weighted by Gasteiger charge is -2.22. The largest absolute Gasteiger partial charge is 0.481 e. The highest BCUT2D eigenvalue weighted by Crippen LogP contribution is 2.29. The zero-order valence-corrected chi connectivity index (χ0v) is 12.5. The smallest absolute Gasteiger partial charge is 0.303 e. The highest BCUT2D eigenvalue weighted by Gasteiger charge is 2.32. The zero-order valence-electron chi connectivity index (χ0n) is 12.5. The summed E-state index contributed by atoms with van der Waals surface area (Å²) in [7, 11) is 0. The first kappa shape index (κ1) is 15.5. The average molecular weight is 289 g/mol. The molecular weight excluding hydrogens is 266 g/mol. The third kappa shape index (κ3) is 4.88. The van der Waals surface area contributed by atoms with Gasteiger partial charge in [0.05, 0.1) is 0 Å². The number of carbonyl (C=O) groups excluding carboxylic acids is 1. The Balaban J connectivity index is 1.91. The molecule has 0 atom stereocenters. The summed E-state index contributed by atoms with van der Waals surface area (Å²) in [5.41, 5.74) is 2.44. The van der Waals surface area contributed by atoms with Gasteiger partial charge in [-0.15, -0.1) is 0 Å². The molecule has 0 bridgehead atoms. The highest BCUT2D eigenvalue weighted by molar-refractivity contribution is 5.77. The van der Waals surface area contributed by atoms with Crippen molar-refractivity contribution >= 4 is 11.9 Å². The molecule has 0 aromatic heterocycles. The molecule has 1 aromatic carbocycles. The van der Waals surface area contributed by atoms with Crippen molar-refractivity contribution in [2.45, 2.75) is 58.0 Å². The van der Waals surface area contributed by atoms with Crippen LogP contribution in [0.4, 0.5) is 0 Å². The van der Waals surface area contributed by atoms with E-state index in [-0.39, 0.29) is 12.3 Å².